The summed E-state index contributed by atoms with van der Waals surface area (Å²) in [6.45, 7) is 6.44. The molecule has 0 aromatic carbocycles. The van der Waals surface area contributed by atoms with E-state index in [9.17, 15) is 0 Å². The molecule has 0 heterocycles. The molecule has 77 valence electrons. The summed E-state index contributed by atoms with van der Waals surface area (Å²) in [4.78, 5) is 0. The van der Waals surface area contributed by atoms with Gasteiger partial charge >= 0.3 is 100 Å². The van der Waals surface area contributed by atoms with E-state index in [-0.39, 0.29) is 0 Å². The fourth-order valence-electron chi connectivity index (χ4n) is 1.15. The minimum absolute atomic E-state index is 0.349. The number of hydrogen-bond donors (Lipinski definition) is 1. The average Bonchev–Trinajstić information content (AvgIpc) is 2.03. The van der Waals surface area contributed by atoms with E-state index < -0.39 is 0 Å². The molecule has 0 fully saturated rings. The second-order valence-corrected chi connectivity index (χ2v) is 5.95. The van der Waals surface area contributed by atoms with Crippen molar-refractivity contribution >= 4 is 34.7 Å². The van der Waals surface area contributed by atoms with Crippen molar-refractivity contribution in [1.29, 1.82) is 0 Å². The van der Waals surface area contributed by atoms with Crippen LogP contribution in [0, 0.1) is 0 Å². The van der Waals surface area contributed by atoms with Crippen LogP contribution in [0.15, 0.2) is 0 Å². The van der Waals surface area contributed by atoms with Crippen LogP contribution in [0.3, 0.4) is 0 Å². The molecule has 3 atom stereocenters. The maximum atomic E-state index is 5.68. The van der Waals surface area contributed by atoms with Crippen LogP contribution < -0.4 is 5.73 Å². The van der Waals surface area contributed by atoms with Gasteiger partial charge in [0.1, 0.15) is 0 Å². The Morgan fingerprint density at radius 1 is 1.31 bits per heavy atom. The van der Waals surface area contributed by atoms with Gasteiger partial charge in [0.05, 0.1) is 0 Å². The van der Waals surface area contributed by atoms with Gasteiger partial charge in [0, 0.05) is 0 Å². The Labute approximate surface area is 100.0 Å². The summed E-state index contributed by atoms with van der Waals surface area (Å²) in [7, 11) is 0. The first kappa shape index (κ1) is 14.1. The zero-order valence-electron chi connectivity index (χ0n) is 8.75. The van der Waals surface area contributed by atoms with Crippen molar-refractivity contribution in [2.45, 2.75) is 56.8 Å². The third kappa shape index (κ3) is 9.37. The Hall–Kier alpha value is 1.07. The summed E-state index contributed by atoms with van der Waals surface area (Å²) in [6, 6.07) is 0.349. The van der Waals surface area contributed by atoms with Crippen LogP contribution in [0.5, 0.6) is 0 Å². The normalized spacial score (nSPS) is 18.2. The number of thioether (sulfide) groups is 1. The fourth-order valence-corrected chi connectivity index (χ4v) is 2.64. The zero-order valence-corrected chi connectivity index (χ0v) is 12.4. The monoisotopic (exact) mass is 310 g/mol. The molecule has 0 aliphatic heterocycles. The standard InChI is InChI=1S/C9H20NOS.Sn/c1-7(10)5-4-6-8(2)12-9(3)11;/h7-9H,4-6,10H2,1-3H3;/q-1;+1. The SMILES string of the molecule is CC(N)CCCC(C)SC(C)[O][Sn]. The van der Waals surface area contributed by atoms with Crippen LogP contribution in [-0.2, 0) is 3.07 Å². The molecule has 0 aromatic rings. The summed E-state index contributed by atoms with van der Waals surface area (Å²) < 4.78 is 5.28. The molecule has 0 aliphatic carbocycles. The Morgan fingerprint density at radius 2 is 1.92 bits per heavy atom. The molecule has 3 unspecified atom stereocenters. The molecule has 2 nitrogen and oxygen atoms in total. The van der Waals surface area contributed by atoms with Crippen LogP contribution in [0.1, 0.15) is 40.0 Å². The molecule has 0 spiro atoms. The van der Waals surface area contributed by atoms with Gasteiger partial charge in [-0.25, -0.2) is 0 Å². The van der Waals surface area contributed by atoms with Crippen molar-refractivity contribution < 1.29 is 3.07 Å². The van der Waals surface area contributed by atoms with E-state index in [0.29, 0.717) is 16.7 Å². The fraction of sp³-hybridized carbons (Fsp3) is 1.00. The Bertz CT molecular complexity index is 124. The molecule has 0 saturated heterocycles. The van der Waals surface area contributed by atoms with E-state index in [2.05, 4.69) is 20.8 Å². The van der Waals surface area contributed by atoms with Crippen LogP contribution >= 0.6 is 11.8 Å². The second-order valence-electron chi connectivity index (χ2n) is 3.54. The molecule has 0 rings (SSSR count). The summed E-state index contributed by atoms with van der Waals surface area (Å²) in [5, 5.41) is 0.689. The Kier molecular flexibility index (Phi) is 9.07. The molecule has 4 heteroatoms. The van der Waals surface area contributed by atoms with E-state index in [1.54, 1.807) is 0 Å². The first-order valence-corrected chi connectivity index (χ1v) is 6.90. The van der Waals surface area contributed by atoms with Gasteiger partial charge in [-0.2, -0.15) is 0 Å². The van der Waals surface area contributed by atoms with Gasteiger partial charge in [-0.15, -0.1) is 0 Å². The van der Waals surface area contributed by atoms with E-state index >= 15 is 0 Å². The summed E-state index contributed by atoms with van der Waals surface area (Å²) in [5.74, 6) is 0. The van der Waals surface area contributed by atoms with E-state index in [1.165, 1.54) is 12.8 Å². The molecule has 0 saturated carbocycles. The van der Waals surface area contributed by atoms with Crippen LogP contribution in [0.25, 0.3) is 0 Å². The van der Waals surface area contributed by atoms with Crippen molar-refractivity contribution in [3.8, 4) is 0 Å². The van der Waals surface area contributed by atoms with Crippen molar-refractivity contribution in [3.63, 3.8) is 0 Å². The number of nitrogens with two attached hydrogens (primary N) is 1. The molecule has 0 aliphatic rings. The van der Waals surface area contributed by atoms with Gasteiger partial charge in [0.15, 0.2) is 0 Å². The third-order valence-corrected chi connectivity index (χ3v) is 4.54. The summed E-state index contributed by atoms with van der Waals surface area (Å²) >= 11 is 3.07. The summed E-state index contributed by atoms with van der Waals surface area (Å²) in [6.07, 6.45) is 3.61. The van der Waals surface area contributed by atoms with Crippen molar-refractivity contribution in [1.82, 2.24) is 0 Å². The van der Waals surface area contributed by atoms with Crippen molar-refractivity contribution in [2.75, 3.05) is 0 Å². The van der Waals surface area contributed by atoms with Gasteiger partial charge in [0.2, 0.25) is 0 Å². The quantitative estimate of drug-likeness (QED) is 0.578. The van der Waals surface area contributed by atoms with Crippen LogP contribution in [-0.4, -0.2) is 39.7 Å². The van der Waals surface area contributed by atoms with Crippen molar-refractivity contribution in [2.24, 2.45) is 5.73 Å². The van der Waals surface area contributed by atoms with Crippen molar-refractivity contribution in [3.05, 3.63) is 0 Å². The van der Waals surface area contributed by atoms with Gasteiger partial charge in [-0.05, 0) is 0 Å². The molecule has 0 amide bonds. The van der Waals surface area contributed by atoms with E-state index in [1.807, 2.05) is 11.8 Å². The van der Waals surface area contributed by atoms with E-state index in [4.69, 9.17) is 8.81 Å². The van der Waals surface area contributed by atoms with Gasteiger partial charge in [-0.3, -0.25) is 0 Å². The molecule has 0 bridgehead atoms. The average molecular weight is 309 g/mol. The number of hydrogen-bond acceptors (Lipinski definition) is 3. The first-order valence-electron chi connectivity index (χ1n) is 4.79. The molecular weight excluding hydrogens is 289 g/mol. The van der Waals surface area contributed by atoms with Crippen LogP contribution in [0.4, 0.5) is 0 Å². The van der Waals surface area contributed by atoms with Gasteiger partial charge in [0.25, 0.3) is 0 Å². The number of rotatable bonds is 7. The Morgan fingerprint density at radius 3 is 2.38 bits per heavy atom. The van der Waals surface area contributed by atoms with E-state index in [0.717, 1.165) is 29.4 Å². The molecule has 13 heavy (non-hydrogen) atoms. The maximum absolute atomic E-state index is 5.68. The second kappa shape index (κ2) is 8.38. The van der Waals surface area contributed by atoms with Gasteiger partial charge in [-0.1, -0.05) is 0 Å². The van der Waals surface area contributed by atoms with Gasteiger partial charge < -0.3 is 0 Å². The predicted molar refractivity (Wildman–Crippen MR) is 60.9 cm³/mol. The Balaban J connectivity index is 3.34. The molecule has 0 aromatic heterocycles. The molecular formula is C9H20NOSSn. The first-order chi connectivity index (χ1) is 6.06. The zero-order chi connectivity index (χ0) is 10.3. The molecule has 3 radical (unpaired) electrons. The summed E-state index contributed by atoms with van der Waals surface area (Å²) in [5.41, 5.74) is 6.03. The van der Waals surface area contributed by atoms with Crippen LogP contribution in [0.2, 0.25) is 0 Å². The molecule has 2 N–H and O–H groups in total. The predicted octanol–water partition coefficient (Wildman–Crippen LogP) is 2.07. The topological polar surface area (TPSA) is 35.2 Å². The minimum atomic E-state index is 0.349. The third-order valence-electron chi connectivity index (χ3n) is 1.86.